The number of carboxylic acid groups (broad SMARTS) is 6. The molecule has 0 rings (SSSR count). The van der Waals surface area contributed by atoms with Crippen LogP contribution in [0.15, 0.2) is 0 Å². The molecule has 18 nitrogen and oxygen atoms in total. The number of rotatable bonds is 9. The van der Waals surface area contributed by atoms with Crippen molar-refractivity contribution in [1.82, 2.24) is 0 Å². The molecule has 0 aromatic carbocycles. The van der Waals surface area contributed by atoms with E-state index in [0.29, 0.717) is 0 Å². The minimum absolute atomic E-state index is 0. The van der Waals surface area contributed by atoms with Gasteiger partial charge in [0.25, 0.3) is 0 Å². The zero-order valence-electron chi connectivity index (χ0n) is 15.2. The molecule has 0 heterocycles. The molecule has 6 atom stereocenters. The molecule has 0 aromatic rings. The minimum atomic E-state index is -2.27. The van der Waals surface area contributed by atoms with Gasteiger partial charge in [-0.15, -0.1) is 0 Å². The second-order valence-electron chi connectivity index (χ2n) is 4.70. The van der Waals surface area contributed by atoms with Crippen molar-refractivity contribution in [2.24, 2.45) is 0 Å². The third-order valence-electron chi connectivity index (χ3n) is 2.42. The first-order valence-electron chi connectivity index (χ1n) is 6.85. The quantitative estimate of drug-likeness (QED) is 0.105. The molecule has 12 N–H and O–H groups in total. The maximum absolute atomic E-state index is 9.77. The molecule has 0 spiro atoms. The van der Waals surface area contributed by atoms with Crippen LogP contribution >= 0.6 is 0 Å². The van der Waals surface area contributed by atoms with Crippen LogP contribution in [0, 0.1) is 0 Å². The van der Waals surface area contributed by atoms with Gasteiger partial charge in [-0.25, -0.2) is 28.8 Å². The summed E-state index contributed by atoms with van der Waals surface area (Å²) in [5, 5.41) is 97.6. The zero-order valence-corrected chi connectivity index (χ0v) is 19.6. The molecule has 0 aliphatic heterocycles. The number of hydrogen-bond acceptors (Lipinski definition) is 12. The van der Waals surface area contributed by atoms with E-state index in [1.54, 1.807) is 0 Å². The van der Waals surface area contributed by atoms with Gasteiger partial charge in [0.05, 0.1) is 0 Å². The van der Waals surface area contributed by atoms with Crippen LogP contribution in [0.25, 0.3) is 0 Å². The Hall–Kier alpha value is -1.94. The molecule has 0 amide bonds. The second-order valence-corrected chi connectivity index (χ2v) is 4.70. The van der Waals surface area contributed by atoms with Gasteiger partial charge in [-0.1, -0.05) is 0 Å². The Morgan fingerprint density at radius 1 is 0.312 bits per heavy atom. The van der Waals surface area contributed by atoms with E-state index < -0.39 is 72.4 Å². The van der Waals surface area contributed by atoms with Crippen molar-refractivity contribution in [3.05, 3.63) is 0 Å². The third-order valence-corrected chi connectivity index (χ3v) is 2.42. The van der Waals surface area contributed by atoms with E-state index in [0.717, 1.165) is 0 Å². The molecule has 20 heteroatoms. The zero-order chi connectivity index (χ0) is 24.9. The molecule has 184 valence electrons. The van der Waals surface area contributed by atoms with E-state index in [2.05, 4.69) is 0 Å². The van der Waals surface area contributed by atoms with Gasteiger partial charge in [-0.05, 0) is 0 Å². The van der Waals surface area contributed by atoms with E-state index in [-0.39, 0.29) is 44.8 Å². The van der Waals surface area contributed by atoms with Gasteiger partial charge in [-0.3, -0.25) is 0 Å². The Kier molecular flexibility index (Phi) is 24.9. The first kappa shape index (κ1) is 40.4. The number of aliphatic hydroxyl groups is 6. The van der Waals surface area contributed by atoms with Gasteiger partial charge < -0.3 is 61.3 Å². The summed E-state index contributed by atoms with van der Waals surface area (Å²) in [5.74, 6) is -10.6. The summed E-state index contributed by atoms with van der Waals surface area (Å²) < 4.78 is 0. The van der Waals surface area contributed by atoms with Crippen LogP contribution < -0.4 is 0 Å². The van der Waals surface area contributed by atoms with Gasteiger partial charge in [0.1, 0.15) is 0 Å². The average Bonchev–Trinajstić information content (AvgIpc) is 2.64. The molecular formula is C12H18Nb2O18. The Morgan fingerprint density at radius 2 is 0.375 bits per heavy atom. The summed E-state index contributed by atoms with van der Waals surface area (Å²) in [6, 6.07) is 0. The van der Waals surface area contributed by atoms with Gasteiger partial charge in [0, 0.05) is 44.8 Å². The van der Waals surface area contributed by atoms with E-state index in [9.17, 15) is 28.8 Å². The smallest absolute Gasteiger partial charge is 0.335 e. The van der Waals surface area contributed by atoms with Crippen LogP contribution in [0.3, 0.4) is 0 Å². The second kappa shape index (κ2) is 19.7. The Labute approximate surface area is 207 Å². The van der Waals surface area contributed by atoms with Crippen molar-refractivity contribution in [3.8, 4) is 0 Å². The number of carbonyl (C=O) groups is 6. The van der Waals surface area contributed by atoms with Crippen molar-refractivity contribution in [2.45, 2.75) is 36.6 Å². The van der Waals surface area contributed by atoms with Crippen LogP contribution in [0.1, 0.15) is 0 Å². The summed E-state index contributed by atoms with van der Waals surface area (Å²) in [6.07, 6.45) is -13.6. The fourth-order valence-corrected chi connectivity index (χ4v) is 0.810. The molecule has 0 aromatic heterocycles. The van der Waals surface area contributed by atoms with Crippen molar-refractivity contribution in [1.29, 1.82) is 0 Å². The van der Waals surface area contributed by atoms with Crippen LogP contribution in [0.5, 0.6) is 0 Å². The molecule has 0 saturated carbocycles. The van der Waals surface area contributed by atoms with Crippen LogP contribution in [0.2, 0.25) is 0 Å². The summed E-state index contributed by atoms with van der Waals surface area (Å²) in [7, 11) is 0. The average molecular weight is 636 g/mol. The van der Waals surface area contributed by atoms with Gasteiger partial charge in [0.15, 0.2) is 36.6 Å². The summed E-state index contributed by atoms with van der Waals surface area (Å²) in [4.78, 5) is 58.6. The topological polar surface area (TPSA) is 345 Å². The standard InChI is InChI=1S/3C4H6O6.2Nb/c3*5-1(3(7)8)2(6)4(9)10;;/h3*1-2,5-6H,(H,7,8)(H,9,10);;. The van der Waals surface area contributed by atoms with Gasteiger partial charge in [-0.2, -0.15) is 0 Å². The normalized spacial score (nSPS) is 14.8. The Morgan fingerprint density at radius 3 is 0.406 bits per heavy atom. The maximum atomic E-state index is 9.77. The third kappa shape index (κ3) is 17.7. The van der Waals surface area contributed by atoms with Crippen LogP contribution in [0.4, 0.5) is 0 Å². The first-order valence-corrected chi connectivity index (χ1v) is 6.85. The van der Waals surface area contributed by atoms with Crippen LogP contribution in [-0.4, -0.2) is 134 Å². The van der Waals surface area contributed by atoms with E-state index in [4.69, 9.17) is 61.3 Å². The fourth-order valence-electron chi connectivity index (χ4n) is 0.810. The molecule has 2 radical (unpaired) electrons. The summed E-state index contributed by atoms with van der Waals surface area (Å²) in [6.45, 7) is 0. The predicted molar refractivity (Wildman–Crippen MR) is 81.9 cm³/mol. The van der Waals surface area contributed by atoms with E-state index in [1.165, 1.54) is 0 Å². The SMILES string of the molecule is O=C(O)C(O)C(O)C(=O)O.O=C(O)C(O)C(O)C(=O)O.O=C(O)C(O)C(O)C(=O)O.[Nb].[Nb]. The summed E-state index contributed by atoms with van der Waals surface area (Å²) >= 11 is 0. The maximum Gasteiger partial charge on any atom is 0.335 e. The number of aliphatic hydroxyl groups excluding tert-OH is 6. The van der Waals surface area contributed by atoms with E-state index >= 15 is 0 Å². The molecule has 0 fully saturated rings. The first-order chi connectivity index (χ1) is 13.4. The Balaban J connectivity index is -0.000000110. The molecule has 0 aliphatic rings. The molecule has 0 bridgehead atoms. The monoisotopic (exact) mass is 636 g/mol. The summed E-state index contributed by atoms with van der Waals surface area (Å²) in [5.41, 5.74) is 0. The molecular weight excluding hydrogens is 618 g/mol. The molecule has 0 saturated heterocycles. The number of carboxylic acids is 6. The predicted octanol–water partition coefficient (Wildman–Crippen LogP) is -6.37. The van der Waals surface area contributed by atoms with Gasteiger partial charge in [0.2, 0.25) is 0 Å². The van der Waals surface area contributed by atoms with Gasteiger partial charge >= 0.3 is 35.8 Å². The van der Waals surface area contributed by atoms with Crippen molar-refractivity contribution in [3.63, 3.8) is 0 Å². The van der Waals surface area contributed by atoms with Crippen molar-refractivity contribution < 1.29 is 135 Å². The Bertz CT molecular complexity index is 498. The molecule has 6 unspecified atom stereocenters. The molecule has 0 aliphatic carbocycles. The fraction of sp³-hybridized carbons (Fsp3) is 0.500. The minimum Gasteiger partial charge on any atom is -0.479 e. The molecule has 32 heavy (non-hydrogen) atoms. The largest absolute Gasteiger partial charge is 0.479 e. The van der Waals surface area contributed by atoms with Crippen LogP contribution in [-0.2, 0) is 73.5 Å². The number of hydrogen-bond donors (Lipinski definition) is 12. The number of aliphatic carboxylic acids is 6. The van der Waals surface area contributed by atoms with E-state index in [1.807, 2.05) is 0 Å². The van der Waals surface area contributed by atoms with Crippen molar-refractivity contribution in [2.75, 3.05) is 0 Å². The van der Waals surface area contributed by atoms with Crippen molar-refractivity contribution >= 4 is 35.8 Å².